The van der Waals surface area contributed by atoms with Gasteiger partial charge >= 0.3 is 0 Å². The molecule has 0 aliphatic rings. The van der Waals surface area contributed by atoms with E-state index in [9.17, 15) is 0 Å². The summed E-state index contributed by atoms with van der Waals surface area (Å²) in [7, 11) is 0. The highest BCUT2D eigenvalue weighted by Gasteiger charge is 2.04. The molecule has 0 saturated heterocycles. The highest BCUT2D eigenvalue weighted by molar-refractivity contribution is 5.53. The predicted octanol–water partition coefficient (Wildman–Crippen LogP) is 3.49. The molecule has 0 amide bonds. The zero-order valence-corrected chi connectivity index (χ0v) is 8.06. The van der Waals surface area contributed by atoms with Crippen LogP contribution in [-0.4, -0.2) is 6.21 Å². The second-order valence-corrected chi connectivity index (χ2v) is 3.69. The minimum atomic E-state index is 0.759. The van der Waals surface area contributed by atoms with Gasteiger partial charge in [0.05, 0.1) is 0 Å². The first-order valence-electron chi connectivity index (χ1n) is 4.69. The number of nitrogens with one attached hydrogen (secondary N) is 1. The maximum absolute atomic E-state index is 7.00. The fourth-order valence-corrected chi connectivity index (χ4v) is 1.22. The Labute approximate surface area is 70.7 Å². The van der Waals surface area contributed by atoms with E-state index in [-0.39, 0.29) is 0 Å². The lowest BCUT2D eigenvalue weighted by molar-refractivity contribution is 0.425. The standard InChI is InChI=1S/C10H21N/c1-4-10(7-8-11)6-5-9(2)3/h8-11H,4-7H2,1-3H3. The van der Waals surface area contributed by atoms with Crippen molar-refractivity contribution in [2.24, 2.45) is 11.8 Å². The van der Waals surface area contributed by atoms with Gasteiger partial charge in [0.25, 0.3) is 0 Å². The zero-order chi connectivity index (χ0) is 8.69. The van der Waals surface area contributed by atoms with Gasteiger partial charge in [0.15, 0.2) is 0 Å². The predicted molar refractivity (Wildman–Crippen MR) is 51.3 cm³/mol. The van der Waals surface area contributed by atoms with Gasteiger partial charge in [0, 0.05) is 0 Å². The smallest absolute Gasteiger partial charge is 0.00450 e. The molecule has 1 nitrogen and oxygen atoms in total. The van der Waals surface area contributed by atoms with Crippen LogP contribution >= 0.6 is 0 Å². The molecule has 1 heteroatoms. The summed E-state index contributed by atoms with van der Waals surface area (Å²) in [5.41, 5.74) is 0. The Bertz CT molecular complexity index is 97.0. The van der Waals surface area contributed by atoms with Crippen LogP contribution in [0.1, 0.15) is 46.5 Å². The number of rotatable bonds is 6. The molecule has 0 aromatic carbocycles. The van der Waals surface area contributed by atoms with E-state index in [0.29, 0.717) is 0 Å². The van der Waals surface area contributed by atoms with Crippen LogP contribution in [0.2, 0.25) is 0 Å². The highest BCUT2D eigenvalue weighted by Crippen LogP contribution is 2.17. The van der Waals surface area contributed by atoms with Crippen molar-refractivity contribution in [3.05, 3.63) is 0 Å². The first kappa shape index (κ1) is 10.7. The van der Waals surface area contributed by atoms with Gasteiger partial charge in [-0.2, -0.15) is 0 Å². The van der Waals surface area contributed by atoms with Gasteiger partial charge in [-0.05, 0) is 30.9 Å². The van der Waals surface area contributed by atoms with Crippen molar-refractivity contribution in [1.29, 1.82) is 5.41 Å². The van der Waals surface area contributed by atoms with E-state index < -0.39 is 0 Å². The maximum atomic E-state index is 7.00. The molecule has 0 spiro atoms. The maximum Gasteiger partial charge on any atom is -0.00450 e. The Kier molecular flexibility index (Phi) is 6.19. The molecule has 1 N–H and O–H groups in total. The Hall–Kier alpha value is -0.330. The van der Waals surface area contributed by atoms with Crippen LogP contribution in [0.3, 0.4) is 0 Å². The van der Waals surface area contributed by atoms with Crippen LogP contribution in [0.5, 0.6) is 0 Å². The Morgan fingerprint density at radius 1 is 1.27 bits per heavy atom. The van der Waals surface area contributed by atoms with E-state index in [4.69, 9.17) is 5.41 Å². The quantitative estimate of drug-likeness (QED) is 0.568. The fourth-order valence-electron chi connectivity index (χ4n) is 1.22. The van der Waals surface area contributed by atoms with Crippen molar-refractivity contribution in [1.82, 2.24) is 0 Å². The Morgan fingerprint density at radius 2 is 1.91 bits per heavy atom. The number of hydrogen-bond donors (Lipinski definition) is 1. The molecule has 1 unspecified atom stereocenters. The van der Waals surface area contributed by atoms with E-state index in [1.165, 1.54) is 19.3 Å². The molecule has 0 heterocycles. The molecule has 0 radical (unpaired) electrons. The molecule has 0 fully saturated rings. The largest absolute Gasteiger partial charge is 0.313 e. The second-order valence-electron chi connectivity index (χ2n) is 3.69. The summed E-state index contributed by atoms with van der Waals surface area (Å²) >= 11 is 0. The molecule has 0 rings (SSSR count). The average molecular weight is 155 g/mol. The molecular formula is C10H21N. The van der Waals surface area contributed by atoms with Crippen molar-refractivity contribution in [2.45, 2.75) is 46.5 Å². The van der Waals surface area contributed by atoms with Crippen molar-refractivity contribution >= 4 is 6.21 Å². The topological polar surface area (TPSA) is 23.9 Å². The average Bonchev–Trinajstić information content (AvgIpc) is 1.97. The summed E-state index contributed by atoms with van der Waals surface area (Å²) in [4.78, 5) is 0. The third-order valence-corrected chi connectivity index (χ3v) is 2.18. The van der Waals surface area contributed by atoms with Gasteiger partial charge in [-0.1, -0.05) is 33.6 Å². The van der Waals surface area contributed by atoms with E-state index in [1.807, 2.05) is 0 Å². The van der Waals surface area contributed by atoms with Crippen LogP contribution in [0, 0.1) is 17.2 Å². The van der Waals surface area contributed by atoms with Crippen LogP contribution in [0.4, 0.5) is 0 Å². The third-order valence-electron chi connectivity index (χ3n) is 2.18. The van der Waals surface area contributed by atoms with Crippen molar-refractivity contribution < 1.29 is 0 Å². The summed E-state index contributed by atoms with van der Waals surface area (Å²) in [6, 6.07) is 0. The lowest BCUT2D eigenvalue weighted by Crippen LogP contribution is -2.01. The minimum Gasteiger partial charge on any atom is -0.313 e. The van der Waals surface area contributed by atoms with Crippen molar-refractivity contribution in [3.8, 4) is 0 Å². The molecule has 11 heavy (non-hydrogen) atoms. The molecule has 0 aliphatic carbocycles. The summed E-state index contributed by atoms with van der Waals surface area (Å²) in [5.74, 6) is 1.57. The molecular weight excluding hydrogens is 134 g/mol. The van der Waals surface area contributed by atoms with Gasteiger partial charge in [0.1, 0.15) is 0 Å². The lowest BCUT2D eigenvalue weighted by atomic mass is 9.93. The van der Waals surface area contributed by atoms with Crippen LogP contribution in [-0.2, 0) is 0 Å². The minimum absolute atomic E-state index is 0.759. The van der Waals surface area contributed by atoms with Crippen molar-refractivity contribution in [2.75, 3.05) is 0 Å². The Balaban J connectivity index is 3.43. The summed E-state index contributed by atoms with van der Waals surface area (Å²) < 4.78 is 0. The summed E-state index contributed by atoms with van der Waals surface area (Å²) in [6.07, 6.45) is 6.36. The number of hydrogen-bond acceptors (Lipinski definition) is 1. The van der Waals surface area contributed by atoms with Gasteiger partial charge in [-0.3, -0.25) is 0 Å². The second kappa shape index (κ2) is 6.38. The lowest BCUT2D eigenvalue weighted by Gasteiger charge is -2.12. The first-order valence-corrected chi connectivity index (χ1v) is 4.69. The molecule has 0 saturated carbocycles. The van der Waals surface area contributed by atoms with E-state index >= 15 is 0 Å². The van der Waals surface area contributed by atoms with E-state index in [0.717, 1.165) is 18.3 Å². The summed E-state index contributed by atoms with van der Waals surface area (Å²) in [5, 5.41) is 7.00. The van der Waals surface area contributed by atoms with Crippen LogP contribution in [0.25, 0.3) is 0 Å². The summed E-state index contributed by atoms with van der Waals surface area (Å²) in [6.45, 7) is 6.74. The molecule has 66 valence electrons. The van der Waals surface area contributed by atoms with Gasteiger partial charge in [0.2, 0.25) is 0 Å². The zero-order valence-electron chi connectivity index (χ0n) is 8.06. The highest BCUT2D eigenvalue weighted by atomic mass is 14.3. The van der Waals surface area contributed by atoms with Crippen molar-refractivity contribution in [3.63, 3.8) is 0 Å². The van der Waals surface area contributed by atoms with Crippen LogP contribution < -0.4 is 0 Å². The Morgan fingerprint density at radius 3 is 2.27 bits per heavy atom. The van der Waals surface area contributed by atoms with Crippen LogP contribution in [0.15, 0.2) is 0 Å². The third kappa shape index (κ3) is 6.08. The van der Waals surface area contributed by atoms with E-state index in [2.05, 4.69) is 20.8 Å². The first-order chi connectivity index (χ1) is 5.20. The normalized spacial score (nSPS) is 13.5. The van der Waals surface area contributed by atoms with Gasteiger partial charge in [-0.25, -0.2) is 0 Å². The molecule has 0 aromatic heterocycles. The molecule has 1 atom stereocenters. The fraction of sp³-hybridized carbons (Fsp3) is 0.900. The molecule has 0 bridgehead atoms. The monoisotopic (exact) mass is 155 g/mol. The van der Waals surface area contributed by atoms with Gasteiger partial charge < -0.3 is 5.41 Å². The molecule has 0 aliphatic heterocycles. The van der Waals surface area contributed by atoms with E-state index in [1.54, 1.807) is 6.21 Å². The SMILES string of the molecule is CCC(CC=N)CCC(C)C. The van der Waals surface area contributed by atoms with Gasteiger partial charge in [-0.15, -0.1) is 0 Å². The molecule has 0 aromatic rings.